The van der Waals surface area contributed by atoms with Crippen molar-refractivity contribution in [3.63, 3.8) is 0 Å². The third kappa shape index (κ3) is 3.22. The van der Waals surface area contributed by atoms with E-state index in [0.717, 1.165) is 22.7 Å². The minimum atomic E-state index is -0.651. The fraction of sp³-hybridized carbons (Fsp3) is 0.190. The smallest absolute Gasteiger partial charge is 0.349 e. The topological polar surface area (TPSA) is 90.3 Å². The second kappa shape index (κ2) is 7.19. The van der Waals surface area contributed by atoms with E-state index in [1.807, 2.05) is 36.7 Å². The number of nitrogens with one attached hydrogen (secondary N) is 1. The molecule has 0 radical (unpaired) electrons. The van der Waals surface area contributed by atoms with E-state index in [9.17, 15) is 9.59 Å². The average molecular weight is 377 g/mol. The average Bonchev–Trinajstić information content (AvgIpc) is 3.29. The zero-order valence-corrected chi connectivity index (χ0v) is 15.6. The zero-order valence-electron chi connectivity index (χ0n) is 15.6. The molecule has 0 bridgehead atoms. The van der Waals surface area contributed by atoms with Crippen molar-refractivity contribution < 1.29 is 13.6 Å². The van der Waals surface area contributed by atoms with Gasteiger partial charge in [0.05, 0.1) is 24.1 Å². The van der Waals surface area contributed by atoms with Crippen LogP contribution in [0, 0.1) is 13.8 Å². The SMILES string of the molecule is Cc1nn(CCNC(=O)c2cc3ccccc3oc2=O)c(C)c1-c1ccco1. The molecule has 7 nitrogen and oxygen atoms in total. The third-order valence-corrected chi connectivity index (χ3v) is 4.64. The molecule has 4 rings (SSSR count). The molecule has 3 aromatic heterocycles. The van der Waals surface area contributed by atoms with Crippen LogP contribution in [0.1, 0.15) is 21.7 Å². The van der Waals surface area contributed by atoms with E-state index in [4.69, 9.17) is 8.83 Å². The van der Waals surface area contributed by atoms with Gasteiger partial charge in [0.15, 0.2) is 0 Å². The van der Waals surface area contributed by atoms with Gasteiger partial charge in [-0.15, -0.1) is 0 Å². The lowest BCUT2D eigenvalue weighted by Crippen LogP contribution is -2.31. The Hall–Kier alpha value is -3.61. The number of para-hydroxylation sites is 1. The normalized spacial score (nSPS) is 11.1. The van der Waals surface area contributed by atoms with Crippen molar-refractivity contribution in [2.75, 3.05) is 6.54 Å². The number of furan rings is 1. The van der Waals surface area contributed by atoms with Gasteiger partial charge in [-0.25, -0.2) is 4.79 Å². The summed E-state index contributed by atoms with van der Waals surface area (Å²) in [5.41, 5.74) is 2.55. The number of carbonyl (C=O) groups excluding carboxylic acids is 1. The second-order valence-corrected chi connectivity index (χ2v) is 6.49. The van der Waals surface area contributed by atoms with Crippen molar-refractivity contribution in [3.8, 4) is 11.3 Å². The first-order valence-corrected chi connectivity index (χ1v) is 8.93. The third-order valence-electron chi connectivity index (χ3n) is 4.64. The van der Waals surface area contributed by atoms with Gasteiger partial charge in [-0.3, -0.25) is 9.48 Å². The maximum Gasteiger partial charge on any atom is 0.349 e. The molecule has 0 spiro atoms. The summed E-state index contributed by atoms with van der Waals surface area (Å²) >= 11 is 0. The molecule has 0 fully saturated rings. The standard InChI is InChI=1S/C21H19N3O4/c1-13-19(18-8-5-11-27-18)14(2)24(23-13)10-9-22-20(25)16-12-15-6-3-4-7-17(15)28-21(16)26/h3-8,11-12H,9-10H2,1-2H3,(H,22,25). The van der Waals surface area contributed by atoms with Crippen LogP contribution in [-0.4, -0.2) is 22.2 Å². The summed E-state index contributed by atoms with van der Waals surface area (Å²) in [5, 5.41) is 7.98. The van der Waals surface area contributed by atoms with E-state index in [1.165, 1.54) is 0 Å². The Labute approximate surface area is 160 Å². The van der Waals surface area contributed by atoms with E-state index < -0.39 is 11.5 Å². The molecule has 1 N–H and O–H groups in total. The van der Waals surface area contributed by atoms with Crippen LogP contribution in [-0.2, 0) is 6.54 Å². The van der Waals surface area contributed by atoms with Crippen LogP contribution >= 0.6 is 0 Å². The maximum absolute atomic E-state index is 12.4. The van der Waals surface area contributed by atoms with E-state index in [1.54, 1.807) is 30.5 Å². The van der Waals surface area contributed by atoms with Gasteiger partial charge in [0.2, 0.25) is 0 Å². The van der Waals surface area contributed by atoms with E-state index in [2.05, 4.69) is 10.4 Å². The predicted octanol–water partition coefficient (Wildman–Crippen LogP) is 3.30. The number of hydrogen-bond acceptors (Lipinski definition) is 5. The molecule has 28 heavy (non-hydrogen) atoms. The van der Waals surface area contributed by atoms with Crippen LogP contribution in [0.15, 0.2) is 62.4 Å². The van der Waals surface area contributed by atoms with Gasteiger partial charge in [-0.05, 0) is 38.1 Å². The molecule has 0 saturated heterocycles. The highest BCUT2D eigenvalue weighted by molar-refractivity contribution is 5.96. The van der Waals surface area contributed by atoms with Crippen molar-refractivity contribution >= 4 is 16.9 Å². The van der Waals surface area contributed by atoms with E-state index >= 15 is 0 Å². The molecule has 0 aliphatic heterocycles. The minimum Gasteiger partial charge on any atom is -0.464 e. The summed E-state index contributed by atoms with van der Waals surface area (Å²) in [6.07, 6.45) is 1.63. The predicted molar refractivity (Wildman–Crippen MR) is 104 cm³/mol. The number of rotatable bonds is 5. The zero-order chi connectivity index (χ0) is 19.7. The highest BCUT2D eigenvalue weighted by atomic mass is 16.4. The molecule has 1 amide bonds. The molecule has 4 aromatic rings. The fourth-order valence-electron chi connectivity index (χ4n) is 3.28. The molecule has 142 valence electrons. The van der Waals surface area contributed by atoms with Gasteiger partial charge in [0.1, 0.15) is 16.9 Å². The number of nitrogens with zero attached hydrogens (tertiary/aromatic N) is 2. The molecule has 0 saturated carbocycles. The Balaban J connectivity index is 1.47. The number of fused-ring (bicyclic) bond motifs is 1. The quantitative estimate of drug-likeness (QED) is 0.539. The summed E-state index contributed by atoms with van der Waals surface area (Å²) in [6.45, 7) is 4.67. The monoisotopic (exact) mass is 377 g/mol. The van der Waals surface area contributed by atoms with Crippen LogP contribution in [0.3, 0.4) is 0 Å². The van der Waals surface area contributed by atoms with Gasteiger partial charge in [0, 0.05) is 17.6 Å². The Bertz CT molecular complexity index is 1200. The van der Waals surface area contributed by atoms with Crippen molar-refractivity contribution in [1.29, 1.82) is 0 Å². The summed E-state index contributed by atoms with van der Waals surface area (Å²) in [7, 11) is 0. The molecular formula is C21H19N3O4. The summed E-state index contributed by atoms with van der Waals surface area (Å²) in [6, 6.07) is 12.4. The van der Waals surface area contributed by atoms with Crippen molar-refractivity contribution in [2.24, 2.45) is 0 Å². The number of hydrogen-bond donors (Lipinski definition) is 1. The first-order chi connectivity index (χ1) is 13.5. The van der Waals surface area contributed by atoms with Crippen LogP contribution < -0.4 is 10.9 Å². The van der Waals surface area contributed by atoms with Crippen molar-refractivity contribution in [3.05, 3.63) is 76.1 Å². The van der Waals surface area contributed by atoms with Crippen molar-refractivity contribution in [1.82, 2.24) is 15.1 Å². The molecule has 3 heterocycles. The lowest BCUT2D eigenvalue weighted by molar-refractivity contribution is 0.0948. The van der Waals surface area contributed by atoms with Gasteiger partial charge in [0.25, 0.3) is 5.91 Å². The Kier molecular flexibility index (Phi) is 4.57. The van der Waals surface area contributed by atoms with E-state index in [-0.39, 0.29) is 5.56 Å². The molecule has 0 atom stereocenters. The highest BCUT2D eigenvalue weighted by Gasteiger charge is 2.16. The number of amides is 1. The summed E-state index contributed by atoms with van der Waals surface area (Å²) < 4.78 is 12.5. The van der Waals surface area contributed by atoms with Crippen LogP contribution in [0.2, 0.25) is 0 Å². The maximum atomic E-state index is 12.4. The first kappa shape index (κ1) is 17.8. The van der Waals surface area contributed by atoms with Crippen molar-refractivity contribution in [2.45, 2.75) is 20.4 Å². The largest absolute Gasteiger partial charge is 0.464 e. The number of carbonyl (C=O) groups is 1. The molecule has 1 aromatic carbocycles. The summed E-state index contributed by atoms with van der Waals surface area (Å²) in [4.78, 5) is 24.5. The lowest BCUT2D eigenvalue weighted by Gasteiger charge is -2.07. The first-order valence-electron chi connectivity index (χ1n) is 8.93. The van der Waals surface area contributed by atoms with Gasteiger partial charge in [-0.2, -0.15) is 5.10 Å². The molecule has 0 unspecified atom stereocenters. The van der Waals surface area contributed by atoms with Gasteiger partial charge < -0.3 is 14.2 Å². The van der Waals surface area contributed by atoms with E-state index in [0.29, 0.717) is 24.1 Å². The number of benzene rings is 1. The van der Waals surface area contributed by atoms with Crippen LogP contribution in [0.25, 0.3) is 22.3 Å². The number of aromatic nitrogens is 2. The molecule has 0 aliphatic carbocycles. The number of aryl methyl sites for hydroxylation is 1. The summed E-state index contributed by atoms with van der Waals surface area (Å²) in [5.74, 6) is 0.298. The lowest BCUT2D eigenvalue weighted by atomic mass is 10.1. The molecule has 7 heteroatoms. The molecule has 0 aliphatic rings. The minimum absolute atomic E-state index is 0.0108. The van der Waals surface area contributed by atoms with Gasteiger partial charge >= 0.3 is 5.63 Å². The fourth-order valence-corrected chi connectivity index (χ4v) is 3.28. The highest BCUT2D eigenvalue weighted by Crippen LogP contribution is 2.27. The second-order valence-electron chi connectivity index (χ2n) is 6.49. The Morgan fingerprint density at radius 1 is 1.18 bits per heavy atom. The molecular weight excluding hydrogens is 358 g/mol. The van der Waals surface area contributed by atoms with Gasteiger partial charge in [-0.1, -0.05) is 18.2 Å². The van der Waals surface area contributed by atoms with Crippen LogP contribution in [0.5, 0.6) is 0 Å². The Morgan fingerprint density at radius 3 is 2.79 bits per heavy atom. The van der Waals surface area contributed by atoms with Crippen LogP contribution in [0.4, 0.5) is 0 Å². The Morgan fingerprint density at radius 2 is 2.00 bits per heavy atom.